The summed E-state index contributed by atoms with van der Waals surface area (Å²) in [6.45, 7) is 3.42. The summed E-state index contributed by atoms with van der Waals surface area (Å²) in [5.41, 5.74) is 0.982. The Balaban J connectivity index is 1.74. The topological polar surface area (TPSA) is 92.4 Å². The highest BCUT2D eigenvalue weighted by Crippen LogP contribution is 2.27. The fraction of sp³-hybridized carbons (Fsp3) is 0.467. The van der Waals surface area contributed by atoms with Crippen molar-refractivity contribution < 1.29 is 14.4 Å². The first-order valence-electron chi connectivity index (χ1n) is 7.35. The molecule has 7 heteroatoms. The van der Waals surface area contributed by atoms with Gasteiger partial charge in [0, 0.05) is 38.8 Å². The van der Waals surface area contributed by atoms with E-state index in [-0.39, 0.29) is 5.56 Å². The molecule has 0 saturated carbocycles. The Hall–Kier alpha value is -2.44. The number of carboxylic acids is 1. The molecule has 0 amide bonds. The van der Waals surface area contributed by atoms with E-state index >= 15 is 0 Å². The zero-order valence-electron chi connectivity index (χ0n) is 12.4. The lowest BCUT2D eigenvalue weighted by Gasteiger charge is -2.34. The highest BCUT2D eigenvalue weighted by molar-refractivity contribution is 5.94. The van der Waals surface area contributed by atoms with Gasteiger partial charge in [0.05, 0.1) is 5.69 Å². The molecule has 0 bridgehead atoms. The van der Waals surface area contributed by atoms with Gasteiger partial charge in [0.15, 0.2) is 5.82 Å². The maximum Gasteiger partial charge on any atom is 0.339 e. The molecule has 116 valence electrons. The van der Waals surface area contributed by atoms with Gasteiger partial charge in [0.1, 0.15) is 5.56 Å². The highest BCUT2D eigenvalue weighted by atomic mass is 16.5. The van der Waals surface area contributed by atoms with E-state index < -0.39 is 5.97 Å². The molecule has 0 radical (unpaired) electrons. The van der Waals surface area contributed by atoms with Crippen LogP contribution in [-0.4, -0.2) is 39.3 Å². The Bertz CT molecular complexity index is 670. The number of nitrogens with zero attached hydrogens (tertiary/aromatic N) is 4. The first kappa shape index (κ1) is 14.5. The van der Waals surface area contributed by atoms with Gasteiger partial charge in [-0.2, -0.15) is 4.98 Å². The van der Waals surface area contributed by atoms with E-state index in [2.05, 4.69) is 20.0 Å². The van der Waals surface area contributed by atoms with Gasteiger partial charge in [-0.15, -0.1) is 0 Å². The van der Waals surface area contributed by atoms with Gasteiger partial charge >= 0.3 is 5.97 Å². The van der Waals surface area contributed by atoms with Crippen molar-refractivity contribution in [1.82, 2.24) is 15.1 Å². The largest absolute Gasteiger partial charge is 0.478 e. The zero-order valence-corrected chi connectivity index (χ0v) is 12.4. The van der Waals surface area contributed by atoms with Gasteiger partial charge in [-0.3, -0.25) is 4.98 Å². The SMILES string of the molecule is Cc1nc(CC2CCCN(c3ccncc3C(=O)O)C2)no1. The van der Waals surface area contributed by atoms with Gasteiger partial charge < -0.3 is 14.5 Å². The van der Waals surface area contributed by atoms with Crippen LogP contribution in [0.25, 0.3) is 0 Å². The van der Waals surface area contributed by atoms with Gasteiger partial charge in [0.2, 0.25) is 5.89 Å². The quantitative estimate of drug-likeness (QED) is 0.922. The molecule has 3 rings (SSSR count). The first-order chi connectivity index (χ1) is 10.6. The number of carbonyl (C=O) groups is 1. The minimum atomic E-state index is -0.945. The van der Waals surface area contributed by atoms with E-state index in [0.717, 1.165) is 43.9 Å². The minimum absolute atomic E-state index is 0.249. The van der Waals surface area contributed by atoms with Crippen LogP contribution in [0.3, 0.4) is 0 Å². The lowest BCUT2D eigenvalue weighted by molar-refractivity contribution is 0.0697. The summed E-state index contributed by atoms with van der Waals surface area (Å²) in [6.07, 6.45) is 5.89. The number of hydrogen-bond acceptors (Lipinski definition) is 6. The van der Waals surface area contributed by atoms with Gasteiger partial charge in [-0.1, -0.05) is 5.16 Å². The summed E-state index contributed by atoms with van der Waals surface area (Å²) >= 11 is 0. The van der Waals surface area contributed by atoms with E-state index in [0.29, 0.717) is 11.8 Å². The molecule has 1 fully saturated rings. The molecule has 2 aromatic rings. The summed E-state index contributed by atoms with van der Waals surface area (Å²) in [7, 11) is 0. The molecule has 1 unspecified atom stereocenters. The number of pyridine rings is 1. The summed E-state index contributed by atoms with van der Waals surface area (Å²) < 4.78 is 5.01. The molecule has 1 aliphatic heterocycles. The van der Waals surface area contributed by atoms with Crippen LogP contribution < -0.4 is 4.90 Å². The second-order valence-electron chi connectivity index (χ2n) is 5.59. The standard InChI is InChI=1S/C15H18N4O3/c1-10-17-14(18-22-10)7-11-3-2-6-19(9-11)13-4-5-16-8-12(13)15(20)21/h4-5,8,11H,2-3,6-7,9H2,1H3,(H,20,21). The third kappa shape index (κ3) is 3.08. The van der Waals surface area contributed by atoms with Crippen molar-refractivity contribution in [3.63, 3.8) is 0 Å². The van der Waals surface area contributed by atoms with Crippen LogP contribution in [0.2, 0.25) is 0 Å². The number of rotatable bonds is 4. The smallest absolute Gasteiger partial charge is 0.339 e. The van der Waals surface area contributed by atoms with Gasteiger partial charge in [-0.25, -0.2) is 4.79 Å². The molecule has 0 spiro atoms. The Morgan fingerprint density at radius 1 is 1.55 bits per heavy atom. The number of carboxylic acid groups (broad SMARTS) is 1. The normalized spacial score (nSPS) is 18.4. The lowest BCUT2D eigenvalue weighted by atomic mass is 9.94. The summed E-state index contributed by atoms with van der Waals surface area (Å²) in [5, 5.41) is 13.2. The number of aryl methyl sites for hydroxylation is 1. The Kier molecular flexibility index (Phi) is 4.04. The van der Waals surface area contributed by atoms with Crippen molar-refractivity contribution in [3.05, 3.63) is 35.7 Å². The molecule has 22 heavy (non-hydrogen) atoms. The highest BCUT2D eigenvalue weighted by Gasteiger charge is 2.24. The van der Waals surface area contributed by atoms with Crippen LogP contribution in [0.4, 0.5) is 5.69 Å². The molecule has 3 heterocycles. The zero-order chi connectivity index (χ0) is 15.5. The molecule has 1 saturated heterocycles. The van der Waals surface area contributed by atoms with Crippen LogP contribution in [0.15, 0.2) is 23.0 Å². The Morgan fingerprint density at radius 3 is 3.14 bits per heavy atom. The van der Waals surface area contributed by atoms with Gasteiger partial charge in [0.25, 0.3) is 0 Å². The third-order valence-electron chi connectivity index (χ3n) is 3.93. The van der Waals surface area contributed by atoms with Crippen molar-refractivity contribution in [2.45, 2.75) is 26.2 Å². The maximum absolute atomic E-state index is 11.3. The van der Waals surface area contributed by atoms with Crippen LogP contribution in [0.5, 0.6) is 0 Å². The van der Waals surface area contributed by atoms with E-state index in [1.807, 2.05) is 0 Å². The second kappa shape index (κ2) is 6.13. The van der Waals surface area contributed by atoms with Crippen LogP contribution in [-0.2, 0) is 6.42 Å². The molecule has 0 aromatic carbocycles. The van der Waals surface area contributed by atoms with Gasteiger partial charge in [-0.05, 0) is 24.8 Å². The second-order valence-corrected chi connectivity index (χ2v) is 5.59. The van der Waals surface area contributed by atoms with Crippen molar-refractivity contribution in [2.75, 3.05) is 18.0 Å². The minimum Gasteiger partial charge on any atom is -0.478 e. The molecular formula is C15H18N4O3. The monoisotopic (exact) mass is 302 g/mol. The molecule has 1 N–H and O–H groups in total. The van der Waals surface area contributed by atoms with E-state index in [1.165, 1.54) is 6.20 Å². The molecule has 2 aromatic heterocycles. The number of piperidine rings is 1. The molecule has 7 nitrogen and oxygen atoms in total. The van der Waals surface area contributed by atoms with Crippen molar-refractivity contribution in [1.29, 1.82) is 0 Å². The summed E-state index contributed by atoms with van der Waals surface area (Å²) in [6, 6.07) is 1.77. The van der Waals surface area contributed by atoms with E-state index in [4.69, 9.17) is 4.52 Å². The van der Waals surface area contributed by atoms with E-state index in [1.54, 1.807) is 19.2 Å². The number of hydrogen-bond donors (Lipinski definition) is 1. The fourth-order valence-corrected chi connectivity index (χ4v) is 2.96. The number of aromatic carboxylic acids is 1. The average molecular weight is 302 g/mol. The van der Waals surface area contributed by atoms with Crippen molar-refractivity contribution in [2.24, 2.45) is 5.92 Å². The molecule has 0 aliphatic carbocycles. The van der Waals surface area contributed by atoms with Crippen LogP contribution in [0, 0.1) is 12.8 Å². The number of anilines is 1. The average Bonchev–Trinajstić information content (AvgIpc) is 2.92. The summed E-state index contributed by atoms with van der Waals surface area (Å²) in [4.78, 5) is 21.6. The molecule has 1 atom stereocenters. The molecule has 1 aliphatic rings. The Labute approximate surface area is 128 Å². The summed E-state index contributed by atoms with van der Waals surface area (Å²) in [5.74, 6) is 0.738. The first-order valence-corrected chi connectivity index (χ1v) is 7.35. The predicted octanol–water partition coefficient (Wildman–Crippen LogP) is 1.93. The van der Waals surface area contributed by atoms with Crippen molar-refractivity contribution >= 4 is 11.7 Å². The Morgan fingerprint density at radius 2 is 2.41 bits per heavy atom. The molecular weight excluding hydrogens is 284 g/mol. The van der Waals surface area contributed by atoms with E-state index in [9.17, 15) is 9.90 Å². The predicted molar refractivity (Wildman–Crippen MR) is 78.9 cm³/mol. The lowest BCUT2D eigenvalue weighted by Crippen LogP contribution is -2.37. The maximum atomic E-state index is 11.3. The van der Waals surface area contributed by atoms with Crippen LogP contribution >= 0.6 is 0 Å². The van der Waals surface area contributed by atoms with Crippen LogP contribution in [0.1, 0.15) is 34.9 Å². The fourth-order valence-electron chi connectivity index (χ4n) is 2.96. The van der Waals surface area contributed by atoms with Crippen molar-refractivity contribution in [3.8, 4) is 0 Å². The third-order valence-corrected chi connectivity index (χ3v) is 3.93. The number of aromatic nitrogens is 3.